The Bertz CT molecular complexity index is 807. The van der Waals surface area contributed by atoms with Gasteiger partial charge in [0.15, 0.2) is 0 Å². The third-order valence-electron chi connectivity index (χ3n) is 3.82. The lowest BCUT2D eigenvalue weighted by Crippen LogP contribution is -2.33. The molecule has 0 spiro atoms. The van der Waals surface area contributed by atoms with Crippen molar-refractivity contribution < 1.29 is 18.7 Å². The predicted molar refractivity (Wildman–Crippen MR) is 87.7 cm³/mol. The van der Waals surface area contributed by atoms with Gasteiger partial charge in [0.1, 0.15) is 11.9 Å². The van der Waals surface area contributed by atoms with Gasteiger partial charge in [0.2, 0.25) is 5.91 Å². The van der Waals surface area contributed by atoms with Crippen molar-refractivity contribution >= 4 is 17.7 Å². The van der Waals surface area contributed by atoms with Gasteiger partial charge in [-0.05, 0) is 18.2 Å². The van der Waals surface area contributed by atoms with E-state index >= 15 is 0 Å². The van der Waals surface area contributed by atoms with Crippen LogP contribution in [0.3, 0.4) is 0 Å². The standard InChI is InChI=1S/C16H18FN5O3/c1-10(23)19-6-13-8-22(16(24)25-13)12-2-3-15(14(17)4-12)21-7-11(5-18)20-9-21/h2-4,7,9,13H,5-6,8,18H2,1H3,(H,19,23)/t13-/m0/s1. The Morgan fingerprint density at radius 1 is 1.52 bits per heavy atom. The number of benzene rings is 1. The Morgan fingerprint density at radius 2 is 2.32 bits per heavy atom. The van der Waals surface area contributed by atoms with Gasteiger partial charge < -0.3 is 20.4 Å². The molecule has 0 unspecified atom stereocenters. The number of nitrogens with zero attached hydrogens (tertiary/aromatic N) is 3. The van der Waals surface area contributed by atoms with Crippen LogP contribution in [0.25, 0.3) is 5.69 Å². The fourth-order valence-electron chi connectivity index (χ4n) is 2.57. The number of carbonyl (C=O) groups excluding carboxylic acids is 2. The first kappa shape index (κ1) is 16.9. The summed E-state index contributed by atoms with van der Waals surface area (Å²) in [6.07, 6.45) is 2.08. The van der Waals surface area contributed by atoms with Gasteiger partial charge in [0.05, 0.1) is 36.5 Å². The summed E-state index contributed by atoms with van der Waals surface area (Å²) in [5.74, 6) is -0.710. The molecule has 2 aromatic rings. The average Bonchev–Trinajstić information content (AvgIpc) is 3.19. The SMILES string of the molecule is CC(=O)NC[C@H]1CN(c2ccc(-n3cnc(CN)c3)c(F)c2)C(=O)O1. The summed E-state index contributed by atoms with van der Waals surface area (Å²) < 4.78 is 21.2. The summed E-state index contributed by atoms with van der Waals surface area (Å²) in [5.41, 5.74) is 6.84. The molecule has 1 aliphatic rings. The van der Waals surface area contributed by atoms with Crippen LogP contribution in [0, 0.1) is 5.82 Å². The van der Waals surface area contributed by atoms with Crippen molar-refractivity contribution in [1.82, 2.24) is 14.9 Å². The fraction of sp³-hybridized carbons (Fsp3) is 0.312. The number of amides is 2. The molecule has 1 saturated heterocycles. The minimum atomic E-state index is -0.574. The van der Waals surface area contributed by atoms with Crippen LogP contribution in [0.4, 0.5) is 14.9 Å². The lowest BCUT2D eigenvalue weighted by molar-refractivity contribution is -0.119. The van der Waals surface area contributed by atoms with Crippen LogP contribution in [0.5, 0.6) is 0 Å². The third-order valence-corrected chi connectivity index (χ3v) is 3.82. The van der Waals surface area contributed by atoms with E-state index in [4.69, 9.17) is 10.5 Å². The van der Waals surface area contributed by atoms with E-state index < -0.39 is 18.0 Å². The molecule has 3 rings (SSSR count). The molecule has 25 heavy (non-hydrogen) atoms. The van der Waals surface area contributed by atoms with E-state index in [1.165, 1.54) is 28.8 Å². The number of imidazole rings is 1. The Labute approximate surface area is 143 Å². The zero-order valence-electron chi connectivity index (χ0n) is 13.6. The number of cyclic esters (lactones) is 1. The van der Waals surface area contributed by atoms with Gasteiger partial charge in [-0.3, -0.25) is 9.69 Å². The molecule has 132 valence electrons. The Kier molecular flexibility index (Phi) is 4.66. The minimum Gasteiger partial charge on any atom is -0.442 e. The van der Waals surface area contributed by atoms with E-state index in [0.717, 1.165) is 0 Å². The maximum atomic E-state index is 14.5. The highest BCUT2D eigenvalue weighted by atomic mass is 19.1. The molecule has 2 heterocycles. The topological polar surface area (TPSA) is 102 Å². The zero-order chi connectivity index (χ0) is 18.0. The largest absolute Gasteiger partial charge is 0.442 e. The van der Waals surface area contributed by atoms with Gasteiger partial charge >= 0.3 is 6.09 Å². The van der Waals surface area contributed by atoms with Crippen LogP contribution in [-0.2, 0) is 16.1 Å². The van der Waals surface area contributed by atoms with Crippen molar-refractivity contribution in [1.29, 1.82) is 0 Å². The van der Waals surface area contributed by atoms with Crippen LogP contribution in [0.15, 0.2) is 30.7 Å². The number of aromatic nitrogens is 2. The molecule has 1 aromatic carbocycles. The summed E-state index contributed by atoms with van der Waals surface area (Å²) >= 11 is 0. The van der Waals surface area contributed by atoms with Crippen LogP contribution >= 0.6 is 0 Å². The lowest BCUT2D eigenvalue weighted by Gasteiger charge is -2.14. The number of nitrogens with two attached hydrogens (primary N) is 1. The average molecular weight is 347 g/mol. The number of rotatable bonds is 5. The van der Waals surface area contributed by atoms with Crippen molar-refractivity contribution in [3.63, 3.8) is 0 Å². The quantitative estimate of drug-likeness (QED) is 0.838. The second kappa shape index (κ2) is 6.89. The third kappa shape index (κ3) is 3.61. The summed E-state index contributed by atoms with van der Waals surface area (Å²) in [6.45, 7) is 2.10. The van der Waals surface area contributed by atoms with E-state index in [1.807, 2.05) is 0 Å². The molecule has 1 fully saturated rings. The summed E-state index contributed by atoms with van der Waals surface area (Å²) in [6, 6.07) is 4.45. The maximum Gasteiger partial charge on any atom is 0.414 e. The minimum absolute atomic E-state index is 0.206. The number of carbonyl (C=O) groups is 2. The number of nitrogens with one attached hydrogen (secondary N) is 1. The van der Waals surface area contributed by atoms with Crippen LogP contribution in [0.1, 0.15) is 12.6 Å². The van der Waals surface area contributed by atoms with Gasteiger partial charge in [0.25, 0.3) is 0 Å². The van der Waals surface area contributed by atoms with E-state index in [0.29, 0.717) is 17.1 Å². The molecule has 0 radical (unpaired) electrons. The Balaban J connectivity index is 1.76. The first-order valence-corrected chi connectivity index (χ1v) is 7.73. The van der Waals surface area contributed by atoms with E-state index in [2.05, 4.69) is 10.3 Å². The van der Waals surface area contributed by atoms with Gasteiger partial charge in [-0.2, -0.15) is 0 Å². The number of hydrogen-bond acceptors (Lipinski definition) is 5. The Morgan fingerprint density at radius 3 is 2.96 bits per heavy atom. The lowest BCUT2D eigenvalue weighted by atomic mass is 10.2. The molecular formula is C16H18FN5O3. The number of ether oxygens (including phenoxy) is 1. The molecular weight excluding hydrogens is 329 g/mol. The maximum absolute atomic E-state index is 14.5. The second-order valence-electron chi connectivity index (χ2n) is 5.67. The molecule has 0 saturated carbocycles. The van der Waals surface area contributed by atoms with E-state index in [-0.39, 0.29) is 25.5 Å². The molecule has 3 N–H and O–H groups in total. The highest BCUT2D eigenvalue weighted by Crippen LogP contribution is 2.25. The van der Waals surface area contributed by atoms with E-state index in [1.54, 1.807) is 18.3 Å². The monoisotopic (exact) mass is 347 g/mol. The molecule has 1 aliphatic heterocycles. The smallest absolute Gasteiger partial charge is 0.414 e. The van der Waals surface area contributed by atoms with Gasteiger partial charge in [0, 0.05) is 19.7 Å². The van der Waals surface area contributed by atoms with Crippen LogP contribution in [0.2, 0.25) is 0 Å². The second-order valence-corrected chi connectivity index (χ2v) is 5.67. The van der Waals surface area contributed by atoms with Crippen molar-refractivity contribution in [2.75, 3.05) is 18.0 Å². The molecule has 2 amide bonds. The highest BCUT2D eigenvalue weighted by molar-refractivity contribution is 5.90. The molecule has 8 nitrogen and oxygen atoms in total. The van der Waals surface area contributed by atoms with Crippen molar-refractivity contribution in [3.8, 4) is 5.69 Å². The van der Waals surface area contributed by atoms with Gasteiger partial charge in [-0.15, -0.1) is 0 Å². The van der Waals surface area contributed by atoms with Crippen molar-refractivity contribution in [2.24, 2.45) is 5.73 Å². The molecule has 1 aromatic heterocycles. The van der Waals surface area contributed by atoms with Crippen molar-refractivity contribution in [3.05, 3.63) is 42.2 Å². The van der Waals surface area contributed by atoms with Crippen LogP contribution in [-0.4, -0.2) is 40.7 Å². The van der Waals surface area contributed by atoms with Gasteiger partial charge in [-0.1, -0.05) is 0 Å². The molecule has 0 bridgehead atoms. The van der Waals surface area contributed by atoms with E-state index in [9.17, 15) is 14.0 Å². The van der Waals surface area contributed by atoms with Crippen molar-refractivity contribution in [2.45, 2.75) is 19.6 Å². The number of anilines is 1. The van der Waals surface area contributed by atoms with Gasteiger partial charge in [-0.25, -0.2) is 14.2 Å². The number of halogens is 1. The first-order chi connectivity index (χ1) is 12.0. The zero-order valence-corrected chi connectivity index (χ0v) is 13.6. The highest BCUT2D eigenvalue weighted by Gasteiger charge is 2.32. The summed E-state index contributed by atoms with van der Waals surface area (Å²) in [4.78, 5) is 28.3. The van der Waals surface area contributed by atoms with Crippen LogP contribution < -0.4 is 16.0 Å². The number of hydrogen-bond donors (Lipinski definition) is 2. The fourth-order valence-corrected chi connectivity index (χ4v) is 2.57. The predicted octanol–water partition coefficient (Wildman–Crippen LogP) is 0.931. The molecule has 9 heteroatoms. The first-order valence-electron chi connectivity index (χ1n) is 7.73. The Hall–Kier alpha value is -2.94. The summed E-state index contributed by atoms with van der Waals surface area (Å²) in [5, 5.41) is 2.59. The normalized spacial score (nSPS) is 16.8. The summed E-state index contributed by atoms with van der Waals surface area (Å²) in [7, 11) is 0. The molecule has 0 aliphatic carbocycles. The molecule has 1 atom stereocenters.